The van der Waals surface area contributed by atoms with Gasteiger partial charge in [-0.2, -0.15) is 10.2 Å². The molecule has 0 aliphatic heterocycles. The molecule has 52 heavy (non-hydrogen) atoms. The minimum atomic E-state index is -0.674. The highest BCUT2D eigenvalue weighted by atomic mass is 32.1. The van der Waals surface area contributed by atoms with Crippen LogP contribution >= 0.6 is 25.6 Å². The number of aliphatic hydroxyl groups is 1. The molecule has 0 fully saturated rings. The summed E-state index contributed by atoms with van der Waals surface area (Å²) >= 11 is 8.86. The molecule has 254 valence electrons. The molecule has 0 saturated carbocycles. The highest BCUT2D eigenvalue weighted by Gasteiger charge is 2.15. The number of carbonyl (C=O) groups is 1. The normalized spacial score (nSPS) is 12.0. The molecule has 0 amide bonds. The van der Waals surface area contributed by atoms with E-state index < -0.39 is 6.10 Å². The van der Waals surface area contributed by atoms with Crippen molar-refractivity contribution in [3.05, 3.63) is 202 Å². The summed E-state index contributed by atoms with van der Waals surface area (Å²) in [5, 5.41) is 21.5. The van der Waals surface area contributed by atoms with Gasteiger partial charge in [0.2, 0.25) is 0 Å². The van der Waals surface area contributed by atoms with Crippen LogP contribution in [-0.4, -0.2) is 29.3 Å². The van der Waals surface area contributed by atoms with Crippen molar-refractivity contribution in [2.75, 3.05) is 0 Å². The van der Waals surface area contributed by atoms with Gasteiger partial charge in [0.05, 0.1) is 22.4 Å². The summed E-state index contributed by atoms with van der Waals surface area (Å²) < 4.78 is 3.07. The van der Waals surface area contributed by atoms with Gasteiger partial charge in [-0.1, -0.05) is 152 Å². The molecule has 0 aliphatic rings. The molecule has 1 N–H and O–H groups in total. The van der Waals surface area contributed by atoms with Crippen LogP contribution in [0.5, 0.6) is 0 Å². The van der Waals surface area contributed by atoms with E-state index in [0.29, 0.717) is 11.1 Å². The second kappa shape index (κ2) is 16.0. The quantitative estimate of drug-likeness (QED) is 0.108. The fraction of sp³-hybridized carbons (Fsp3) is 0.0227. The third-order valence-corrected chi connectivity index (χ3v) is 9.21. The molecular formula is C44H34N4O2S2. The first-order chi connectivity index (χ1) is 25.4. The smallest absolute Gasteiger partial charge is 0.193 e. The fourth-order valence-corrected chi connectivity index (χ4v) is 6.41. The van der Waals surface area contributed by atoms with E-state index in [0.717, 1.165) is 55.4 Å². The molecule has 0 bridgehead atoms. The Bertz CT molecular complexity index is 2510. The summed E-state index contributed by atoms with van der Waals surface area (Å²) in [6.45, 7) is 0. The zero-order chi connectivity index (χ0) is 35.9. The summed E-state index contributed by atoms with van der Waals surface area (Å²) in [6.07, 6.45) is 7.31. The van der Waals surface area contributed by atoms with Crippen molar-refractivity contribution in [2.24, 2.45) is 0 Å². The van der Waals surface area contributed by atoms with Crippen LogP contribution in [0.1, 0.15) is 55.7 Å². The number of nitrogens with zero attached hydrogens (tertiary/aromatic N) is 4. The molecule has 2 heterocycles. The molecule has 0 aliphatic carbocycles. The standard InChI is InChI=1S/C22H18N2OS.C22H16N2OS/c2*25-22(17-9-5-2-6-10-17)18-12-13-19-20(23-24(26)21(19)15-18)14-11-16-7-3-1-4-8-16/h1-15,22,25-26H;1-15,26H/b2*14-11+. The maximum atomic E-state index is 12.7. The first-order valence-corrected chi connectivity index (χ1v) is 17.5. The minimum Gasteiger partial charge on any atom is -0.384 e. The number of hydrogen-bond acceptors (Lipinski definition) is 6. The van der Waals surface area contributed by atoms with Crippen LogP contribution < -0.4 is 0 Å². The van der Waals surface area contributed by atoms with Gasteiger partial charge in [-0.3, -0.25) is 4.79 Å². The zero-order valence-corrected chi connectivity index (χ0v) is 29.7. The lowest BCUT2D eigenvalue weighted by Crippen LogP contribution is -2.00. The van der Waals surface area contributed by atoms with E-state index in [2.05, 4.69) is 35.8 Å². The van der Waals surface area contributed by atoms with E-state index in [4.69, 9.17) is 0 Å². The van der Waals surface area contributed by atoms with Crippen LogP contribution in [0, 0.1) is 0 Å². The molecule has 0 saturated heterocycles. The van der Waals surface area contributed by atoms with Crippen molar-refractivity contribution in [2.45, 2.75) is 6.10 Å². The fourth-order valence-electron chi connectivity index (χ4n) is 5.88. The lowest BCUT2D eigenvalue weighted by Gasteiger charge is -2.11. The van der Waals surface area contributed by atoms with Crippen LogP contribution in [0.2, 0.25) is 0 Å². The third-order valence-electron chi connectivity index (χ3n) is 8.60. The van der Waals surface area contributed by atoms with Crippen LogP contribution in [0.4, 0.5) is 0 Å². The van der Waals surface area contributed by atoms with Crippen LogP contribution in [-0.2, 0) is 0 Å². The Morgan fingerprint density at radius 3 is 1.52 bits per heavy atom. The van der Waals surface area contributed by atoms with Crippen molar-refractivity contribution in [3.8, 4) is 0 Å². The maximum Gasteiger partial charge on any atom is 0.193 e. The van der Waals surface area contributed by atoms with E-state index in [1.807, 2.05) is 182 Å². The number of hydrogen-bond donors (Lipinski definition) is 3. The summed E-state index contributed by atoms with van der Waals surface area (Å²) in [4.78, 5) is 12.7. The predicted octanol–water partition coefficient (Wildman–Crippen LogP) is 10.1. The molecule has 0 spiro atoms. The van der Waals surface area contributed by atoms with Gasteiger partial charge < -0.3 is 5.11 Å². The molecule has 6 nitrogen and oxygen atoms in total. The number of rotatable bonds is 8. The second-order valence-electron chi connectivity index (χ2n) is 12.1. The van der Waals surface area contributed by atoms with Gasteiger partial charge in [-0.05, 0) is 78.2 Å². The van der Waals surface area contributed by atoms with Gasteiger partial charge >= 0.3 is 0 Å². The van der Waals surface area contributed by atoms with Gasteiger partial charge in [0.15, 0.2) is 5.78 Å². The summed E-state index contributed by atoms with van der Waals surface area (Å²) in [5.74, 6) is -0.0107. The molecule has 8 heteroatoms. The molecule has 2 aromatic heterocycles. The van der Waals surface area contributed by atoms with Gasteiger partial charge in [0.25, 0.3) is 0 Å². The number of aliphatic hydroxyl groups excluding tert-OH is 1. The molecule has 0 radical (unpaired) electrons. The highest BCUT2D eigenvalue weighted by Crippen LogP contribution is 2.29. The van der Waals surface area contributed by atoms with Crippen molar-refractivity contribution in [1.82, 2.24) is 18.4 Å². The monoisotopic (exact) mass is 714 g/mol. The average molecular weight is 715 g/mol. The average Bonchev–Trinajstić information content (AvgIpc) is 3.71. The van der Waals surface area contributed by atoms with E-state index >= 15 is 0 Å². The lowest BCUT2D eigenvalue weighted by atomic mass is 10.00. The Balaban J connectivity index is 0.000000162. The van der Waals surface area contributed by atoms with Gasteiger partial charge in [-0.15, -0.1) is 0 Å². The second-order valence-corrected chi connectivity index (χ2v) is 12.8. The summed E-state index contributed by atoms with van der Waals surface area (Å²) in [7, 11) is 0. The molecule has 8 rings (SSSR count). The number of ketones is 1. The Labute approximate surface area is 313 Å². The molecule has 8 aromatic rings. The number of benzene rings is 6. The summed E-state index contributed by atoms with van der Waals surface area (Å²) in [5.41, 5.74) is 8.53. The van der Waals surface area contributed by atoms with Gasteiger partial charge in [0, 0.05) is 21.9 Å². The van der Waals surface area contributed by atoms with Crippen LogP contribution in [0.15, 0.2) is 158 Å². The Kier molecular flexibility index (Phi) is 10.6. The van der Waals surface area contributed by atoms with E-state index in [9.17, 15) is 9.90 Å². The van der Waals surface area contributed by atoms with Crippen LogP contribution in [0.3, 0.4) is 0 Å². The maximum absolute atomic E-state index is 12.7. The van der Waals surface area contributed by atoms with Crippen molar-refractivity contribution in [3.63, 3.8) is 0 Å². The van der Waals surface area contributed by atoms with E-state index in [-0.39, 0.29) is 5.78 Å². The van der Waals surface area contributed by atoms with Crippen molar-refractivity contribution < 1.29 is 9.90 Å². The molecule has 6 aromatic carbocycles. The Morgan fingerprint density at radius 1 is 0.519 bits per heavy atom. The summed E-state index contributed by atoms with van der Waals surface area (Å²) in [6, 6.07) is 50.5. The third kappa shape index (κ3) is 7.85. The number of aromatic nitrogens is 4. The highest BCUT2D eigenvalue weighted by molar-refractivity contribution is 7.78. The first-order valence-electron chi connectivity index (χ1n) is 16.7. The lowest BCUT2D eigenvalue weighted by molar-refractivity contribution is 0.103. The minimum absolute atomic E-state index is 0.0107. The molecule has 1 unspecified atom stereocenters. The Morgan fingerprint density at radius 2 is 0.981 bits per heavy atom. The number of fused-ring (bicyclic) bond motifs is 2. The molecular weight excluding hydrogens is 681 g/mol. The largest absolute Gasteiger partial charge is 0.384 e. The Hall–Kier alpha value is -5.93. The van der Waals surface area contributed by atoms with Gasteiger partial charge in [-0.25, -0.2) is 8.17 Å². The van der Waals surface area contributed by atoms with E-state index in [1.54, 1.807) is 4.09 Å². The van der Waals surface area contributed by atoms with Gasteiger partial charge in [0.1, 0.15) is 6.10 Å². The topological polar surface area (TPSA) is 72.9 Å². The predicted molar refractivity (Wildman–Crippen MR) is 219 cm³/mol. The number of carbonyl (C=O) groups excluding carboxylic acids is 1. The zero-order valence-electron chi connectivity index (χ0n) is 27.9. The number of thiol groups is 2. The molecule has 1 atom stereocenters. The van der Waals surface area contributed by atoms with E-state index in [1.165, 1.54) is 4.09 Å². The SMILES string of the molecule is O=C(c1ccccc1)c1ccc2c(/C=C/c3ccccc3)nn(S)c2c1.OC(c1ccccc1)c1ccc2c(/C=C/c3ccccc3)nn(S)c2c1. The van der Waals surface area contributed by atoms with Crippen molar-refractivity contribution >= 4 is 77.5 Å². The first kappa shape index (κ1) is 34.5. The van der Waals surface area contributed by atoms with Crippen molar-refractivity contribution in [1.29, 1.82) is 0 Å². The van der Waals surface area contributed by atoms with Crippen LogP contribution in [0.25, 0.3) is 46.1 Å².